The fourth-order valence-corrected chi connectivity index (χ4v) is 4.91. The summed E-state index contributed by atoms with van der Waals surface area (Å²) in [5.74, 6) is 0. The van der Waals surface area contributed by atoms with Crippen LogP contribution in [0.15, 0.2) is 42.5 Å². The third-order valence-electron chi connectivity index (χ3n) is 2.80. The molecule has 6 heteroatoms. The van der Waals surface area contributed by atoms with Crippen molar-refractivity contribution in [2.24, 2.45) is 0 Å². The molecule has 0 bridgehead atoms. The summed E-state index contributed by atoms with van der Waals surface area (Å²) in [6.07, 6.45) is -0.633. The van der Waals surface area contributed by atoms with E-state index >= 15 is 0 Å². The van der Waals surface area contributed by atoms with Crippen molar-refractivity contribution in [2.75, 3.05) is 11.4 Å². The summed E-state index contributed by atoms with van der Waals surface area (Å²) < 4.78 is 18.5. The van der Waals surface area contributed by atoms with Gasteiger partial charge in [-0.3, -0.25) is 0 Å². The Morgan fingerprint density at radius 1 is 1.14 bits per heavy atom. The van der Waals surface area contributed by atoms with Gasteiger partial charge in [0.2, 0.25) is 0 Å². The summed E-state index contributed by atoms with van der Waals surface area (Å²) in [5.41, 5.74) is 0.583. The maximum Gasteiger partial charge on any atom is 0.426 e. The maximum atomic E-state index is 12.7. The number of anilines is 1. The number of methoxy groups -OCH3 is 1. The van der Waals surface area contributed by atoms with Crippen LogP contribution in [0.3, 0.4) is 0 Å². The fourth-order valence-electron chi connectivity index (χ4n) is 1.96. The van der Waals surface area contributed by atoms with E-state index in [1.54, 1.807) is 6.07 Å². The molecule has 2 aromatic carbocycles. The van der Waals surface area contributed by atoms with Crippen molar-refractivity contribution in [2.45, 2.75) is 25.5 Å². The molecule has 0 radical (unpaired) electrons. The van der Waals surface area contributed by atoms with E-state index in [4.69, 9.17) is 4.74 Å². The molecule has 1 atom stereocenters. The number of carbonyl (C=O) groups is 1. The second-order valence-corrected chi connectivity index (χ2v) is 9.22. The van der Waals surface area contributed by atoms with Crippen LogP contribution in [0.25, 0.3) is 10.8 Å². The van der Waals surface area contributed by atoms with Gasteiger partial charge in [0, 0.05) is 10.1 Å². The van der Waals surface area contributed by atoms with Gasteiger partial charge in [0.05, 0.1) is 12.8 Å². The number of amides is 1. The fraction of sp³-hybridized carbons (Fsp3) is 0.312. The Balaban J connectivity index is 2.53. The molecule has 4 nitrogen and oxygen atoms in total. The Morgan fingerprint density at radius 3 is 2.41 bits per heavy atom. The minimum Gasteiger partial charge on any atom is -0.452 e. The summed E-state index contributed by atoms with van der Waals surface area (Å²) in [5, 5.41) is 1.84. The van der Waals surface area contributed by atoms with Gasteiger partial charge in [0.15, 0.2) is 10.0 Å². The monoisotopic (exact) mass is 337 g/mol. The highest BCUT2D eigenvalue weighted by molar-refractivity contribution is 8.70. The van der Waals surface area contributed by atoms with E-state index in [0.29, 0.717) is 5.69 Å². The second-order valence-electron chi connectivity index (χ2n) is 5.68. The molecule has 0 aliphatic carbocycles. The zero-order valence-electron chi connectivity index (χ0n) is 13.0. The predicted octanol–water partition coefficient (Wildman–Crippen LogP) is 4.52. The van der Waals surface area contributed by atoms with Gasteiger partial charge < -0.3 is 4.74 Å². The number of nitrogens with zero attached hydrogens (tertiary/aromatic N) is 1. The smallest absolute Gasteiger partial charge is 0.426 e. The first-order valence-electron chi connectivity index (χ1n) is 6.81. The Bertz CT molecular complexity index is 705. The Hall–Kier alpha value is -1.53. The third kappa shape index (κ3) is 3.81. The summed E-state index contributed by atoms with van der Waals surface area (Å²) in [6, 6.07) is 13.2. The number of hydrogen-bond donors (Lipinski definition) is 0. The van der Waals surface area contributed by atoms with Gasteiger partial charge in [0.25, 0.3) is 0 Å². The van der Waals surface area contributed by atoms with Gasteiger partial charge in [-0.05, 0) is 43.0 Å². The van der Waals surface area contributed by atoms with Gasteiger partial charge in [-0.15, -0.1) is 0 Å². The number of hydrogen-bond acceptors (Lipinski definition) is 4. The average Bonchev–Trinajstić information content (AvgIpc) is 2.45. The van der Waals surface area contributed by atoms with Crippen LogP contribution in [0.4, 0.5) is 10.5 Å². The van der Waals surface area contributed by atoms with Crippen LogP contribution in [-0.2, 0) is 14.8 Å². The average molecular weight is 337 g/mol. The SMILES string of the molecule is COC(=O)N(c1cccc2ccccc12)S(=O)SC(C)(C)C. The quantitative estimate of drug-likeness (QED) is 0.772. The molecule has 1 amide bonds. The molecule has 22 heavy (non-hydrogen) atoms. The van der Waals surface area contributed by atoms with Crippen LogP contribution in [0.5, 0.6) is 0 Å². The molecular formula is C16H19NO3S2. The van der Waals surface area contributed by atoms with E-state index in [9.17, 15) is 9.00 Å². The Labute approximate surface area is 136 Å². The van der Waals surface area contributed by atoms with E-state index in [1.807, 2.05) is 57.2 Å². The standard InChI is InChI=1S/C16H19NO3S2/c1-16(2,3)21-22(19)17(15(18)20-4)14-11-7-9-12-8-5-6-10-13(12)14/h5-11H,1-4H3. The van der Waals surface area contributed by atoms with E-state index in [2.05, 4.69) is 0 Å². The molecule has 1 unspecified atom stereocenters. The molecule has 0 aromatic heterocycles. The van der Waals surface area contributed by atoms with E-state index in [1.165, 1.54) is 22.2 Å². The minimum absolute atomic E-state index is 0.248. The number of rotatable bonds is 3. The molecule has 0 saturated heterocycles. The molecule has 0 fully saturated rings. The third-order valence-corrected chi connectivity index (χ3v) is 6.46. The van der Waals surface area contributed by atoms with Crippen LogP contribution >= 0.6 is 10.8 Å². The van der Waals surface area contributed by atoms with Gasteiger partial charge in [0.1, 0.15) is 0 Å². The Morgan fingerprint density at radius 2 is 1.77 bits per heavy atom. The lowest BCUT2D eigenvalue weighted by Gasteiger charge is -2.24. The van der Waals surface area contributed by atoms with Crippen LogP contribution in [0.1, 0.15) is 20.8 Å². The highest BCUT2D eigenvalue weighted by Gasteiger charge is 2.29. The molecule has 0 aliphatic heterocycles. The zero-order chi connectivity index (χ0) is 16.3. The largest absolute Gasteiger partial charge is 0.452 e. The summed E-state index contributed by atoms with van der Waals surface area (Å²) in [4.78, 5) is 12.2. The first-order chi connectivity index (χ1) is 10.3. The van der Waals surface area contributed by atoms with Crippen molar-refractivity contribution in [1.29, 1.82) is 0 Å². The normalized spacial score (nSPS) is 12.9. The second kappa shape index (κ2) is 6.71. The van der Waals surface area contributed by atoms with Gasteiger partial charge in [-0.25, -0.2) is 9.00 Å². The van der Waals surface area contributed by atoms with Crippen molar-refractivity contribution in [3.63, 3.8) is 0 Å². The molecule has 0 heterocycles. The van der Waals surface area contributed by atoms with E-state index < -0.39 is 16.1 Å². The molecule has 118 valence electrons. The number of benzene rings is 2. The molecular weight excluding hydrogens is 318 g/mol. The zero-order valence-corrected chi connectivity index (χ0v) is 14.7. The van der Waals surface area contributed by atoms with Gasteiger partial charge in [-0.1, -0.05) is 36.4 Å². The predicted molar refractivity (Wildman–Crippen MR) is 94.3 cm³/mol. The van der Waals surface area contributed by atoms with Crippen molar-refractivity contribution in [3.8, 4) is 0 Å². The lowest BCUT2D eigenvalue weighted by Crippen LogP contribution is -2.33. The van der Waals surface area contributed by atoms with Crippen LogP contribution < -0.4 is 4.31 Å². The minimum atomic E-state index is -1.59. The van der Waals surface area contributed by atoms with E-state index in [0.717, 1.165) is 10.8 Å². The maximum absolute atomic E-state index is 12.7. The molecule has 0 saturated carbocycles. The number of carbonyl (C=O) groups excluding carboxylic acids is 1. The van der Waals surface area contributed by atoms with Crippen molar-refractivity contribution < 1.29 is 13.7 Å². The van der Waals surface area contributed by atoms with Crippen LogP contribution in [0.2, 0.25) is 0 Å². The lowest BCUT2D eigenvalue weighted by molar-refractivity contribution is 0.183. The number of fused-ring (bicyclic) bond motifs is 1. The van der Waals surface area contributed by atoms with Crippen molar-refractivity contribution in [1.82, 2.24) is 0 Å². The number of ether oxygens (including phenoxy) is 1. The molecule has 2 rings (SSSR count). The molecule has 0 spiro atoms. The first kappa shape index (κ1) is 16.8. The van der Waals surface area contributed by atoms with Gasteiger partial charge in [-0.2, -0.15) is 4.31 Å². The summed E-state index contributed by atoms with van der Waals surface area (Å²) in [6.45, 7) is 5.86. The van der Waals surface area contributed by atoms with Crippen LogP contribution in [-0.4, -0.2) is 22.2 Å². The van der Waals surface area contributed by atoms with Crippen molar-refractivity contribution >= 4 is 43.4 Å². The Kier molecular flexibility index (Phi) is 5.13. The highest BCUT2D eigenvalue weighted by atomic mass is 33.1. The van der Waals surface area contributed by atoms with Crippen molar-refractivity contribution in [3.05, 3.63) is 42.5 Å². The topological polar surface area (TPSA) is 46.6 Å². The molecule has 2 aromatic rings. The highest BCUT2D eigenvalue weighted by Crippen LogP contribution is 2.35. The van der Waals surface area contributed by atoms with Gasteiger partial charge >= 0.3 is 6.09 Å². The summed E-state index contributed by atoms with van der Waals surface area (Å²) in [7, 11) is 0.912. The lowest BCUT2D eigenvalue weighted by atomic mass is 10.1. The van der Waals surface area contributed by atoms with Crippen LogP contribution in [0, 0.1) is 0 Å². The molecule has 0 aliphatic rings. The molecule has 0 N–H and O–H groups in total. The first-order valence-corrected chi connectivity index (χ1v) is 9.25. The summed E-state index contributed by atoms with van der Waals surface area (Å²) >= 11 is 0. The van der Waals surface area contributed by atoms with E-state index in [-0.39, 0.29) is 4.75 Å².